The molecule has 0 atom stereocenters. The van der Waals surface area contributed by atoms with Crippen LogP contribution in [0.3, 0.4) is 0 Å². The summed E-state index contributed by atoms with van der Waals surface area (Å²) in [6.07, 6.45) is 0. The lowest BCUT2D eigenvalue weighted by Crippen LogP contribution is -1.99. The van der Waals surface area contributed by atoms with Gasteiger partial charge >= 0.3 is 0 Å². The molecule has 216 valence electrons. The summed E-state index contributed by atoms with van der Waals surface area (Å²) in [5, 5.41) is 12.9. The molecule has 47 heavy (non-hydrogen) atoms. The molecule has 10 aromatic rings. The van der Waals surface area contributed by atoms with Gasteiger partial charge in [-0.1, -0.05) is 152 Å². The number of hydrogen-bond acceptors (Lipinski definition) is 0. The van der Waals surface area contributed by atoms with Crippen molar-refractivity contribution in [2.45, 2.75) is 0 Å². The average molecular weight is 594 g/mol. The van der Waals surface area contributed by atoms with Gasteiger partial charge in [0.05, 0.1) is 16.7 Å². The Kier molecular flexibility index (Phi) is 4.90. The standard InChI is InChI=1S/C46H27N/c1-2-15-30-28(12-1)13-9-22-33(30)43-36-18-5-7-20-38(36)46(39-21-8-6-19-37(39)43)47-40-25-11-24-35-32-17-4-3-16-31(32)34-23-10-14-29-26-27-41(47)45(42(29)34)44(35)40/h1-27H. The summed E-state index contributed by atoms with van der Waals surface area (Å²) in [6, 6.07) is 60.8. The second-order valence-corrected chi connectivity index (χ2v) is 12.8. The highest BCUT2D eigenvalue weighted by Crippen LogP contribution is 2.51. The molecule has 1 aromatic heterocycles. The molecule has 9 aromatic carbocycles. The first-order valence-electron chi connectivity index (χ1n) is 16.4. The van der Waals surface area contributed by atoms with E-state index in [1.165, 1.54) is 104 Å². The van der Waals surface area contributed by atoms with E-state index < -0.39 is 0 Å². The zero-order valence-corrected chi connectivity index (χ0v) is 25.5. The lowest BCUT2D eigenvalue weighted by Gasteiger charge is -2.20. The number of rotatable bonds is 2. The van der Waals surface area contributed by atoms with Gasteiger partial charge in [-0.15, -0.1) is 0 Å². The summed E-state index contributed by atoms with van der Waals surface area (Å²) in [4.78, 5) is 0. The van der Waals surface area contributed by atoms with E-state index in [4.69, 9.17) is 0 Å². The summed E-state index contributed by atoms with van der Waals surface area (Å²) in [5.74, 6) is 0. The zero-order chi connectivity index (χ0) is 30.6. The fourth-order valence-corrected chi connectivity index (χ4v) is 8.65. The largest absolute Gasteiger partial charge is 0.308 e. The maximum Gasteiger partial charge on any atom is 0.0619 e. The molecule has 0 radical (unpaired) electrons. The molecule has 0 saturated carbocycles. The van der Waals surface area contributed by atoms with Gasteiger partial charge < -0.3 is 4.57 Å². The smallest absolute Gasteiger partial charge is 0.0619 e. The SMILES string of the molecule is c1ccc2c(c1)-c1cccc3ccc4c(c13)c1c-2cccc1n4-c1c2ccccc2c(-c2cccc3ccccc23)c2ccccc12. The Hall–Kier alpha value is -6.18. The fourth-order valence-electron chi connectivity index (χ4n) is 8.65. The first-order chi connectivity index (χ1) is 23.4. The van der Waals surface area contributed by atoms with Crippen molar-refractivity contribution in [3.8, 4) is 39.1 Å². The third kappa shape index (κ3) is 3.23. The maximum atomic E-state index is 2.57. The van der Waals surface area contributed by atoms with Crippen LogP contribution in [0.2, 0.25) is 0 Å². The maximum absolute atomic E-state index is 2.57. The third-order valence-corrected chi connectivity index (χ3v) is 10.5. The molecular weight excluding hydrogens is 567 g/mol. The molecule has 0 bridgehead atoms. The van der Waals surface area contributed by atoms with Crippen LogP contribution in [0.4, 0.5) is 0 Å². The van der Waals surface area contributed by atoms with Gasteiger partial charge in [-0.2, -0.15) is 0 Å². The molecule has 11 rings (SSSR count). The van der Waals surface area contributed by atoms with Gasteiger partial charge in [0.15, 0.2) is 0 Å². The topological polar surface area (TPSA) is 4.93 Å². The zero-order valence-electron chi connectivity index (χ0n) is 25.5. The number of aromatic nitrogens is 1. The van der Waals surface area contributed by atoms with Crippen molar-refractivity contribution >= 4 is 64.9 Å². The van der Waals surface area contributed by atoms with Crippen molar-refractivity contribution in [2.24, 2.45) is 0 Å². The summed E-state index contributed by atoms with van der Waals surface area (Å²) in [6.45, 7) is 0. The van der Waals surface area contributed by atoms with Crippen LogP contribution in [0.5, 0.6) is 0 Å². The van der Waals surface area contributed by atoms with Gasteiger partial charge in [0.25, 0.3) is 0 Å². The molecule has 0 amide bonds. The van der Waals surface area contributed by atoms with E-state index in [1.54, 1.807) is 0 Å². The summed E-state index contributed by atoms with van der Waals surface area (Å²) >= 11 is 0. The van der Waals surface area contributed by atoms with E-state index in [9.17, 15) is 0 Å². The monoisotopic (exact) mass is 593 g/mol. The Morgan fingerprint density at radius 2 is 0.766 bits per heavy atom. The second-order valence-electron chi connectivity index (χ2n) is 12.8. The molecule has 0 fully saturated rings. The Balaban J connectivity index is 1.37. The average Bonchev–Trinajstić information content (AvgIpc) is 3.41. The first kappa shape index (κ1) is 25.1. The van der Waals surface area contributed by atoms with Crippen molar-refractivity contribution in [1.82, 2.24) is 4.57 Å². The van der Waals surface area contributed by atoms with Crippen molar-refractivity contribution < 1.29 is 0 Å². The Morgan fingerprint density at radius 3 is 1.49 bits per heavy atom. The molecule has 0 aliphatic heterocycles. The molecule has 0 saturated heterocycles. The summed E-state index contributed by atoms with van der Waals surface area (Å²) < 4.78 is 2.57. The van der Waals surface area contributed by atoms with Crippen molar-refractivity contribution in [2.75, 3.05) is 0 Å². The number of hydrogen-bond donors (Lipinski definition) is 0. The van der Waals surface area contributed by atoms with Gasteiger partial charge in [0.1, 0.15) is 0 Å². The summed E-state index contributed by atoms with van der Waals surface area (Å²) in [7, 11) is 0. The van der Waals surface area contributed by atoms with Crippen molar-refractivity contribution in [3.05, 3.63) is 164 Å². The minimum Gasteiger partial charge on any atom is -0.308 e. The van der Waals surface area contributed by atoms with E-state index in [0.29, 0.717) is 0 Å². The van der Waals surface area contributed by atoms with Gasteiger partial charge in [0, 0.05) is 21.5 Å². The Morgan fingerprint density at radius 1 is 0.277 bits per heavy atom. The van der Waals surface area contributed by atoms with Crippen LogP contribution in [0.25, 0.3) is 104 Å². The van der Waals surface area contributed by atoms with Crippen LogP contribution in [0, 0.1) is 0 Å². The quantitative estimate of drug-likeness (QED) is 0.176. The molecule has 1 heteroatoms. The minimum atomic E-state index is 1.24. The van der Waals surface area contributed by atoms with E-state index >= 15 is 0 Å². The Bertz CT molecular complexity index is 2900. The third-order valence-electron chi connectivity index (χ3n) is 10.5. The molecule has 1 nitrogen and oxygen atoms in total. The van der Waals surface area contributed by atoms with Crippen LogP contribution in [0.15, 0.2) is 164 Å². The van der Waals surface area contributed by atoms with Gasteiger partial charge in [-0.05, 0) is 77.8 Å². The molecular formula is C46H27N. The van der Waals surface area contributed by atoms with Crippen molar-refractivity contribution in [3.63, 3.8) is 0 Å². The molecule has 1 aliphatic rings. The lowest BCUT2D eigenvalue weighted by atomic mass is 9.88. The highest BCUT2D eigenvalue weighted by molar-refractivity contribution is 6.31. The highest BCUT2D eigenvalue weighted by Gasteiger charge is 2.26. The van der Waals surface area contributed by atoms with Crippen LogP contribution in [-0.2, 0) is 0 Å². The molecule has 0 N–H and O–H groups in total. The predicted octanol–water partition coefficient (Wildman–Crippen LogP) is 12.7. The molecule has 1 aliphatic carbocycles. The highest BCUT2D eigenvalue weighted by atomic mass is 15.0. The minimum absolute atomic E-state index is 1.24. The summed E-state index contributed by atoms with van der Waals surface area (Å²) in [5.41, 5.74) is 11.5. The van der Waals surface area contributed by atoms with E-state index in [-0.39, 0.29) is 0 Å². The Labute approximate surface area is 271 Å². The number of fused-ring (bicyclic) bond motifs is 6. The van der Waals surface area contributed by atoms with E-state index in [2.05, 4.69) is 168 Å². The fraction of sp³-hybridized carbons (Fsp3) is 0. The predicted molar refractivity (Wildman–Crippen MR) is 201 cm³/mol. The van der Waals surface area contributed by atoms with Gasteiger partial charge in [-0.3, -0.25) is 0 Å². The van der Waals surface area contributed by atoms with E-state index in [1.807, 2.05) is 0 Å². The number of nitrogens with zero attached hydrogens (tertiary/aromatic N) is 1. The van der Waals surface area contributed by atoms with Crippen LogP contribution >= 0.6 is 0 Å². The normalized spacial score (nSPS) is 12.3. The number of benzene rings is 9. The first-order valence-corrected chi connectivity index (χ1v) is 16.4. The molecule has 0 spiro atoms. The van der Waals surface area contributed by atoms with Crippen LogP contribution in [-0.4, -0.2) is 4.57 Å². The van der Waals surface area contributed by atoms with E-state index in [0.717, 1.165) is 0 Å². The lowest BCUT2D eigenvalue weighted by molar-refractivity contribution is 1.21. The van der Waals surface area contributed by atoms with Gasteiger partial charge in [-0.25, -0.2) is 0 Å². The molecule has 1 heterocycles. The molecule has 0 unspecified atom stereocenters. The van der Waals surface area contributed by atoms with Crippen LogP contribution < -0.4 is 0 Å². The van der Waals surface area contributed by atoms with Gasteiger partial charge in [0.2, 0.25) is 0 Å². The van der Waals surface area contributed by atoms with Crippen molar-refractivity contribution in [1.29, 1.82) is 0 Å². The second kappa shape index (κ2) is 9.19. The van der Waals surface area contributed by atoms with Crippen LogP contribution in [0.1, 0.15) is 0 Å².